The number of likely N-dealkylation sites (tertiary alicyclic amines) is 1. The summed E-state index contributed by atoms with van der Waals surface area (Å²) in [7, 11) is 0. The zero-order valence-electron chi connectivity index (χ0n) is 17.7. The Labute approximate surface area is 192 Å². The van der Waals surface area contributed by atoms with Gasteiger partial charge >= 0.3 is 0 Å². The summed E-state index contributed by atoms with van der Waals surface area (Å²) in [4.78, 5) is 6.97. The number of benzene rings is 1. The van der Waals surface area contributed by atoms with Crippen molar-refractivity contribution in [3.63, 3.8) is 0 Å². The monoisotopic (exact) mass is 517 g/mol. The van der Waals surface area contributed by atoms with Crippen LogP contribution in [-0.2, 0) is 9.47 Å². The predicted molar refractivity (Wildman–Crippen MR) is 127 cm³/mol. The van der Waals surface area contributed by atoms with Crippen molar-refractivity contribution in [1.29, 1.82) is 0 Å². The summed E-state index contributed by atoms with van der Waals surface area (Å²) in [5.41, 5.74) is 2.10. The van der Waals surface area contributed by atoms with E-state index >= 15 is 0 Å². The lowest BCUT2D eigenvalue weighted by Gasteiger charge is -2.34. The highest BCUT2D eigenvalue weighted by Crippen LogP contribution is 2.18. The molecule has 0 saturated carbocycles. The standard InChI is InChI=1S/C22H35N3O3.HI/c1-3-23-22(24-15-21(26)18-8-6-17(2)7-9-18)25-12-10-19(11-13-25)28-16-20-5-4-14-27-20;/h6-9,19-21,26H,3-5,10-16H2,1-2H3,(H,23,24);1H. The number of aryl methyl sites for hydroxylation is 1. The molecule has 0 aromatic heterocycles. The maximum Gasteiger partial charge on any atom is 0.194 e. The first-order valence-electron chi connectivity index (χ1n) is 10.7. The zero-order chi connectivity index (χ0) is 19.8. The number of hydrogen-bond acceptors (Lipinski definition) is 4. The van der Waals surface area contributed by atoms with Gasteiger partial charge in [-0.1, -0.05) is 29.8 Å². The smallest absolute Gasteiger partial charge is 0.194 e. The number of aliphatic hydroxyl groups is 1. The second-order valence-corrected chi connectivity index (χ2v) is 7.78. The summed E-state index contributed by atoms with van der Waals surface area (Å²) in [5.74, 6) is 0.881. The molecule has 3 rings (SSSR count). The summed E-state index contributed by atoms with van der Waals surface area (Å²) in [6.45, 7) is 8.74. The molecule has 2 N–H and O–H groups in total. The van der Waals surface area contributed by atoms with Gasteiger partial charge in [0.1, 0.15) is 0 Å². The molecule has 0 aliphatic carbocycles. The molecule has 0 radical (unpaired) electrons. The van der Waals surface area contributed by atoms with E-state index in [1.807, 2.05) is 31.2 Å². The summed E-state index contributed by atoms with van der Waals surface area (Å²) >= 11 is 0. The van der Waals surface area contributed by atoms with Crippen molar-refractivity contribution in [2.24, 2.45) is 4.99 Å². The average molecular weight is 517 g/mol. The fourth-order valence-corrected chi connectivity index (χ4v) is 3.75. The summed E-state index contributed by atoms with van der Waals surface area (Å²) in [6, 6.07) is 7.99. The van der Waals surface area contributed by atoms with Crippen molar-refractivity contribution in [3.05, 3.63) is 35.4 Å². The highest BCUT2D eigenvalue weighted by atomic mass is 127. The number of rotatable bonds is 7. The molecule has 2 aliphatic heterocycles. The third kappa shape index (κ3) is 7.70. The van der Waals surface area contributed by atoms with Crippen molar-refractivity contribution < 1.29 is 14.6 Å². The molecule has 1 aromatic rings. The Morgan fingerprint density at radius 1 is 1.28 bits per heavy atom. The largest absolute Gasteiger partial charge is 0.386 e. The molecular weight excluding hydrogens is 481 g/mol. The van der Waals surface area contributed by atoms with Crippen LogP contribution in [0.2, 0.25) is 0 Å². The minimum absolute atomic E-state index is 0. The molecule has 0 spiro atoms. The SMILES string of the molecule is CCNC(=NCC(O)c1ccc(C)cc1)N1CCC(OCC2CCCO2)CC1.I. The molecule has 29 heavy (non-hydrogen) atoms. The first kappa shape index (κ1) is 24.4. The van der Waals surface area contributed by atoms with Crippen LogP contribution in [0.3, 0.4) is 0 Å². The Morgan fingerprint density at radius 3 is 2.62 bits per heavy atom. The predicted octanol–water partition coefficient (Wildman–Crippen LogP) is 3.27. The molecule has 2 aliphatic rings. The number of ether oxygens (including phenoxy) is 2. The van der Waals surface area contributed by atoms with Gasteiger partial charge in [-0.05, 0) is 45.1 Å². The molecule has 2 fully saturated rings. The number of guanidine groups is 1. The molecule has 7 heteroatoms. The third-order valence-electron chi connectivity index (χ3n) is 5.49. The second-order valence-electron chi connectivity index (χ2n) is 7.78. The van der Waals surface area contributed by atoms with Crippen LogP contribution in [0.4, 0.5) is 0 Å². The number of aliphatic imine (C=N–C) groups is 1. The van der Waals surface area contributed by atoms with Gasteiger partial charge in [-0.25, -0.2) is 0 Å². The van der Waals surface area contributed by atoms with Crippen LogP contribution in [0, 0.1) is 6.92 Å². The summed E-state index contributed by atoms with van der Waals surface area (Å²) in [5, 5.41) is 13.8. The second kappa shape index (κ2) is 12.7. The van der Waals surface area contributed by atoms with Crippen LogP contribution in [0.25, 0.3) is 0 Å². The molecule has 6 nitrogen and oxygen atoms in total. The van der Waals surface area contributed by atoms with Gasteiger partial charge in [0.05, 0.1) is 31.5 Å². The maximum absolute atomic E-state index is 10.5. The molecule has 0 amide bonds. The lowest BCUT2D eigenvalue weighted by molar-refractivity contribution is -0.0367. The van der Waals surface area contributed by atoms with Crippen LogP contribution in [0.1, 0.15) is 49.8 Å². The Balaban J connectivity index is 0.00000300. The minimum Gasteiger partial charge on any atom is -0.386 e. The number of nitrogens with one attached hydrogen (secondary N) is 1. The number of piperidine rings is 1. The average Bonchev–Trinajstić information content (AvgIpc) is 3.24. The lowest BCUT2D eigenvalue weighted by Crippen LogP contribution is -2.47. The van der Waals surface area contributed by atoms with E-state index in [4.69, 9.17) is 14.5 Å². The summed E-state index contributed by atoms with van der Waals surface area (Å²) in [6.07, 6.45) is 4.29. The van der Waals surface area contributed by atoms with Gasteiger partial charge in [-0.3, -0.25) is 4.99 Å². The van der Waals surface area contributed by atoms with E-state index in [2.05, 4.69) is 17.1 Å². The van der Waals surface area contributed by atoms with Gasteiger partial charge in [-0.15, -0.1) is 24.0 Å². The van der Waals surface area contributed by atoms with Crippen molar-refractivity contribution in [2.45, 2.75) is 57.8 Å². The van der Waals surface area contributed by atoms with Gasteiger partial charge in [0, 0.05) is 26.2 Å². The number of hydrogen-bond donors (Lipinski definition) is 2. The van der Waals surface area contributed by atoms with Crippen molar-refractivity contribution in [1.82, 2.24) is 10.2 Å². The minimum atomic E-state index is -0.582. The van der Waals surface area contributed by atoms with E-state index in [1.165, 1.54) is 5.56 Å². The normalized spacial score (nSPS) is 21.7. The van der Waals surface area contributed by atoms with E-state index in [0.29, 0.717) is 18.8 Å². The Bertz CT molecular complexity index is 612. The molecule has 164 valence electrons. The lowest BCUT2D eigenvalue weighted by atomic mass is 10.1. The quantitative estimate of drug-likeness (QED) is 0.330. The molecule has 2 saturated heterocycles. The molecule has 0 bridgehead atoms. The molecule has 2 unspecified atom stereocenters. The maximum atomic E-state index is 10.5. The first-order chi connectivity index (χ1) is 13.7. The molecule has 1 aromatic carbocycles. The van der Waals surface area contributed by atoms with Gasteiger partial charge in [0.2, 0.25) is 0 Å². The third-order valence-corrected chi connectivity index (χ3v) is 5.49. The van der Waals surface area contributed by atoms with Gasteiger partial charge in [-0.2, -0.15) is 0 Å². The van der Waals surface area contributed by atoms with Crippen LogP contribution in [0.15, 0.2) is 29.3 Å². The van der Waals surface area contributed by atoms with E-state index in [9.17, 15) is 5.11 Å². The topological polar surface area (TPSA) is 66.3 Å². The fraction of sp³-hybridized carbons (Fsp3) is 0.682. The Morgan fingerprint density at radius 2 is 2.00 bits per heavy atom. The molecule has 2 atom stereocenters. The van der Waals surface area contributed by atoms with Crippen LogP contribution >= 0.6 is 24.0 Å². The molecule has 2 heterocycles. The van der Waals surface area contributed by atoms with E-state index in [1.54, 1.807) is 0 Å². The number of nitrogens with zero attached hydrogens (tertiary/aromatic N) is 2. The Hall–Kier alpha value is -0.900. The highest BCUT2D eigenvalue weighted by molar-refractivity contribution is 14.0. The number of halogens is 1. The van der Waals surface area contributed by atoms with Gasteiger partial charge in [0.15, 0.2) is 5.96 Å². The van der Waals surface area contributed by atoms with Crippen molar-refractivity contribution >= 4 is 29.9 Å². The highest BCUT2D eigenvalue weighted by Gasteiger charge is 2.24. The van der Waals surface area contributed by atoms with Crippen LogP contribution in [-0.4, -0.2) is 67.6 Å². The summed E-state index contributed by atoms with van der Waals surface area (Å²) < 4.78 is 11.7. The van der Waals surface area contributed by atoms with Gasteiger partial charge in [0.25, 0.3) is 0 Å². The van der Waals surface area contributed by atoms with Crippen molar-refractivity contribution in [2.75, 3.05) is 39.4 Å². The van der Waals surface area contributed by atoms with E-state index in [-0.39, 0.29) is 24.0 Å². The van der Waals surface area contributed by atoms with Crippen LogP contribution in [0.5, 0.6) is 0 Å². The van der Waals surface area contributed by atoms with E-state index < -0.39 is 6.10 Å². The Kier molecular flexibility index (Phi) is 10.7. The van der Waals surface area contributed by atoms with Crippen molar-refractivity contribution in [3.8, 4) is 0 Å². The zero-order valence-corrected chi connectivity index (χ0v) is 20.0. The first-order valence-corrected chi connectivity index (χ1v) is 10.7. The van der Waals surface area contributed by atoms with E-state index in [0.717, 1.165) is 70.1 Å². The molecular formula is C22H36IN3O3. The van der Waals surface area contributed by atoms with Crippen LogP contribution < -0.4 is 5.32 Å². The number of aliphatic hydroxyl groups excluding tert-OH is 1. The fourth-order valence-electron chi connectivity index (χ4n) is 3.75. The van der Waals surface area contributed by atoms with Gasteiger partial charge < -0.3 is 24.8 Å².